The molecule has 1 atom stereocenters. The lowest BCUT2D eigenvalue weighted by atomic mass is 9.77. The molecule has 1 amide bonds. The number of likely N-dealkylation sites (tertiary alicyclic amines) is 1. The van der Waals surface area contributed by atoms with Crippen molar-refractivity contribution in [2.45, 2.75) is 33.1 Å². The first-order chi connectivity index (χ1) is 10.9. The highest BCUT2D eigenvalue weighted by Crippen LogP contribution is 2.34. The molecule has 2 rings (SSSR count). The number of piperidine rings is 1. The number of hydrogen-bond donors (Lipinski definition) is 1. The molecule has 0 saturated carbocycles. The Balaban J connectivity index is 2.23. The van der Waals surface area contributed by atoms with Crippen LogP contribution in [0.3, 0.4) is 0 Å². The largest absolute Gasteiger partial charge is 0.396 e. The van der Waals surface area contributed by atoms with Crippen LogP contribution in [0.5, 0.6) is 0 Å². The summed E-state index contributed by atoms with van der Waals surface area (Å²) < 4.78 is 1.42. The van der Waals surface area contributed by atoms with Crippen LogP contribution in [0.25, 0.3) is 0 Å². The molecule has 23 heavy (non-hydrogen) atoms. The second-order valence-corrected chi connectivity index (χ2v) is 6.81. The SMILES string of the molecule is CC(C)=CC[C@@]1(CO)CCCN(C(=O)c2cccn(C)c2=O)C1. The van der Waals surface area contributed by atoms with Gasteiger partial charge in [0, 0.05) is 31.7 Å². The van der Waals surface area contributed by atoms with Crippen molar-refractivity contribution >= 4 is 5.91 Å². The molecule has 1 aromatic heterocycles. The Hall–Kier alpha value is -1.88. The summed E-state index contributed by atoms with van der Waals surface area (Å²) in [7, 11) is 1.64. The molecule has 1 aliphatic rings. The number of aromatic nitrogens is 1. The predicted molar refractivity (Wildman–Crippen MR) is 90.4 cm³/mol. The van der Waals surface area contributed by atoms with Gasteiger partial charge in [-0.15, -0.1) is 0 Å². The quantitative estimate of drug-likeness (QED) is 0.863. The number of rotatable bonds is 4. The van der Waals surface area contributed by atoms with Gasteiger partial charge in [0.25, 0.3) is 11.5 Å². The van der Waals surface area contributed by atoms with Crippen LogP contribution < -0.4 is 5.56 Å². The number of nitrogens with zero attached hydrogens (tertiary/aromatic N) is 2. The van der Waals surface area contributed by atoms with Crippen LogP contribution >= 0.6 is 0 Å². The van der Waals surface area contributed by atoms with E-state index in [4.69, 9.17) is 0 Å². The summed E-state index contributed by atoms with van der Waals surface area (Å²) in [5.74, 6) is -0.235. The molecule has 0 spiro atoms. The molecule has 0 bridgehead atoms. The first-order valence-corrected chi connectivity index (χ1v) is 8.08. The Bertz CT molecular complexity index is 658. The molecule has 2 heterocycles. The Labute approximate surface area is 137 Å². The summed E-state index contributed by atoms with van der Waals surface area (Å²) >= 11 is 0. The highest BCUT2D eigenvalue weighted by molar-refractivity contribution is 5.93. The van der Waals surface area contributed by atoms with Crippen molar-refractivity contribution in [3.8, 4) is 0 Å². The highest BCUT2D eigenvalue weighted by atomic mass is 16.3. The molecule has 126 valence electrons. The molecule has 1 saturated heterocycles. The van der Waals surface area contributed by atoms with Crippen molar-refractivity contribution in [2.24, 2.45) is 12.5 Å². The van der Waals surface area contributed by atoms with Gasteiger partial charge < -0.3 is 14.6 Å². The van der Waals surface area contributed by atoms with Crippen LogP contribution in [-0.4, -0.2) is 40.2 Å². The van der Waals surface area contributed by atoms with E-state index >= 15 is 0 Å². The number of carbonyl (C=O) groups is 1. The van der Waals surface area contributed by atoms with Gasteiger partial charge in [0.1, 0.15) is 5.56 Å². The second-order valence-electron chi connectivity index (χ2n) is 6.81. The van der Waals surface area contributed by atoms with Gasteiger partial charge in [-0.2, -0.15) is 0 Å². The smallest absolute Gasteiger partial charge is 0.263 e. The maximum absolute atomic E-state index is 12.7. The van der Waals surface area contributed by atoms with E-state index in [1.54, 1.807) is 30.3 Å². The summed E-state index contributed by atoms with van der Waals surface area (Å²) in [6.45, 7) is 5.24. The van der Waals surface area contributed by atoms with E-state index in [0.29, 0.717) is 13.1 Å². The van der Waals surface area contributed by atoms with Gasteiger partial charge in [0.15, 0.2) is 0 Å². The number of aliphatic hydroxyl groups excluding tert-OH is 1. The first-order valence-electron chi connectivity index (χ1n) is 8.08. The van der Waals surface area contributed by atoms with E-state index in [1.165, 1.54) is 10.1 Å². The molecule has 0 aromatic carbocycles. The van der Waals surface area contributed by atoms with Crippen molar-refractivity contribution in [3.63, 3.8) is 0 Å². The Morgan fingerprint density at radius 3 is 2.83 bits per heavy atom. The monoisotopic (exact) mass is 318 g/mol. The van der Waals surface area contributed by atoms with Crippen LogP contribution in [0.2, 0.25) is 0 Å². The molecule has 0 unspecified atom stereocenters. The number of carbonyl (C=O) groups excluding carboxylic acids is 1. The molecule has 1 aliphatic heterocycles. The normalized spacial score (nSPS) is 21.1. The molecule has 1 aromatic rings. The van der Waals surface area contributed by atoms with Crippen molar-refractivity contribution in [1.82, 2.24) is 9.47 Å². The zero-order valence-corrected chi connectivity index (χ0v) is 14.2. The fourth-order valence-electron chi connectivity index (χ4n) is 3.09. The predicted octanol–water partition coefficient (Wildman–Crippen LogP) is 1.96. The van der Waals surface area contributed by atoms with Crippen molar-refractivity contribution < 1.29 is 9.90 Å². The molecular weight excluding hydrogens is 292 g/mol. The summed E-state index contributed by atoms with van der Waals surface area (Å²) in [4.78, 5) is 26.6. The summed E-state index contributed by atoms with van der Waals surface area (Å²) in [5.41, 5.74) is 0.830. The molecule has 0 aliphatic carbocycles. The summed E-state index contributed by atoms with van der Waals surface area (Å²) in [5, 5.41) is 9.89. The highest BCUT2D eigenvalue weighted by Gasteiger charge is 2.36. The fraction of sp³-hybridized carbons (Fsp3) is 0.556. The van der Waals surface area contributed by atoms with Crippen LogP contribution in [-0.2, 0) is 7.05 Å². The van der Waals surface area contributed by atoms with E-state index in [0.717, 1.165) is 19.3 Å². The zero-order valence-electron chi connectivity index (χ0n) is 14.2. The second kappa shape index (κ2) is 7.13. The average molecular weight is 318 g/mol. The van der Waals surface area contributed by atoms with E-state index in [-0.39, 0.29) is 29.1 Å². The first kappa shape index (κ1) is 17.5. The van der Waals surface area contributed by atoms with E-state index in [1.807, 2.05) is 13.8 Å². The minimum absolute atomic E-state index is 0.0490. The molecule has 1 fully saturated rings. The lowest BCUT2D eigenvalue weighted by Gasteiger charge is -2.41. The van der Waals surface area contributed by atoms with Gasteiger partial charge in [-0.1, -0.05) is 11.6 Å². The standard InChI is InChI=1S/C18H26N2O3/c1-14(2)7-9-18(13-21)8-5-11-20(12-18)17(23)15-6-4-10-19(3)16(15)22/h4,6-7,10,21H,5,8-9,11-13H2,1-3H3/t18-/m0/s1. The van der Waals surface area contributed by atoms with Crippen LogP contribution in [0.1, 0.15) is 43.5 Å². The zero-order chi connectivity index (χ0) is 17.0. The molecule has 0 radical (unpaired) electrons. The van der Waals surface area contributed by atoms with E-state index < -0.39 is 0 Å². The Morgan fingerprint density at radius 1 is 1.43 bits per heavy atom. The lowest BCUT2D eigenvalue weighted by Crippen LogP contribution is -2.48. The minimum Gasteiger partial charge on any atom is -0.396 e. The molecule has 5 heteroatoms. The topological polar surface area (TPSA) is 62.5 Å². The van der Waals surface area contributed by atoms with Gasteiger partial charge in [-0.05, 0) is 45.2 Å². The van der Waals surface area contributed by atoms with Crippen molar-refractivity contribution in [2.75, 3.05) is 19.7 Å². The maximum atomic E-state index is 12.7. The summed E-state index contributed by atoms with van der Waals surface area (Å²) in [6, 6.07) is 3.29. The van der Waals surface area contributed by atoms with Gasteiger partial charge in [0.05, 0.1) is 6.61 Å². The number of aryl methyl sites for hydroxylation is 1. The third-order valence-corrected chi connectivity index (χ3v) is 4.58. The Morgan fingerprint density at radius 2 is 2.17 bits per heavy atom. The van der Waals surface area contributed by atoms with Gasteiger partial charge >= 0.3 is 0 Å². The number of aliphatic hydroxyl groups is 1. The number of pyridine rings is 1. The summed E-state index contributed by atoms with van der Waals surface area (Å²) in [6.07, 6.45) is 6.25. The van der Waals surface area contributed by atoms with Crippen LogP contribution in [0.15, 0.2) is 34.8 Å². The van der Waals surface area contributed by atoms with Gasteiger partial charge in [-0.3, -0.25) is 9.59 Å². The lowest BCUT2D eigenvalue weighted by molar-refractivity contribution is 0.0283. The average Bonchev–Trinajstić information content (AvgIpc) is 2.55. The van der Waals surface area contributed by atoms with Crippen LogP contribution in [0.4, 0.5) is 0 Å². The van der Waals surface area contributed by atoms with Crippen LogP contribution in [0, 0.1) is 5.41 Å². The molecule has 1 N–H and O–H groups in total. The van der Waals surface area contributed by atoms with Crippen molar-refractivity contribution in [3.05, 3.63) is 45.9 Å². The molecule has 5 nitrogen and oxygen atoms in total. The fourth-order valence-corrected chi connectivity index (χ4v) is 3.09. The maximum Gasteiger partial charge on any atom is 0.263 e. The number of amides is 1. The van der Waals surface area contributed by atoms with Crippen molar-refractivity contribution in [1.29, 1.82) is 0 Å². The van der Waals surface area contributed by atoms with E-state index in [2.05, 4.69) is 6.08 Å². The minimum atomic E-state index is -0.300. The third-order valence-electron chi connectivity index (χ3n) is 4.58. The van der Waals surface area contributed by atoms with E-state index in [9.17, 15) is 14.7 Å². The van der Waals surface area contributed by atoms with Gasteiger partial charge in [0.2, 0.25) is 0 Å². The Kier molecular flexibility index (Phi) is 5.42. The number of allylic oxidation sites excluding steroid dienone is 2. The van der Waals surface area contributed by atoms with Gasteiger partial charge in [-0.25, -0.2) is 0 Å². The molecular formula is C18H26N2O3. The third kappa shape index (κ3) is 3.91. The number of hydrogen-bond acceptors (Lipinski definition) is 3.